The number of aryl methyl sites for hydroxylation is 2. The topological polar surface area (TPSA) is 29.1 Å². The lowest BCUT2D eigenvalue weighted by Gasteiger charge is -2.12. The fourth-order valence-electron chi connectivity index (χ4n) is 1.92. The predicted octanol–water partition coefficient (Wildman–Crippen LogP) is 4.71. The fourth-order valence-corrected chi connectivity index (χ4v) is 1.92. The maximum atomic E-state index is 13.9. The van der Waals surface area contributed by atoms with Gasteiger partial charge in [-0.1, -0.05) is 12.1 Å². The largest absolute Gasteiger partial charge is 0.419 e. The van der Waals surface area contributed by atoms with E-state index in [0.29, 0.717) is 6.07 Å². The maximum Gasteiger partial charge on any atom is 0.419 e. The molecule has 6 heteroatoms. The number of amides is 1. The Morgan fingerprint density at radius 3 is 2.32 bits per heavy atom. The van der Waals surface area contributed by atoms with Gasteiger partial charge < -0.3 is 5.32 Å². The van der Waals surface area contributed by atoms with Crippen LogP contribution in [0.15, 0.2) is 36.4 Å². The lowest BCUT2D eigenvalue weighted by Crippen LogP contribution is -2.16. The van der Waals surface area contributed by atoms with Gasteiger partial charge in [-0.15, -0.1) is 0 Å². The summed E-state index contributed by atoms with van der Waals surface area (Å²) in [6.45, 7) is 3.67. The number of hydrogen-bond donors (Lipinski definition) is 1. The molecular weight excluding hydrogens is 298 g/mol. The molecule has 116 valence electrons. The van der Waals surface area contributed by atoms with Gasteiger partial charge in [-0.2, -0.15) is 13.2 Å². The second-order valence-corrected chi connectivity index (χ2v) is 4.92. The highest BCUT2D eigenvalue weighted by Gasteiger charge is 2.35. The molecule has 1 N–H and O–H groups in total. The van der Waals surface area contributed by atoms with Crippen LogP contribution in [0, 0.1) is 19.7 Å². The molecule has 0 fully saturated rings. The van der Waals surface area contributed by atoms with Crippen LogP contribution in [0.25, 0.3) is 0 Å². The van der Waals surface area contributed by atoms with E-state index in [0.717, 1.165) is 23.3 Å². The minimum Gasteiger partial charge on any atom is -0.319 e. The Bertz CT molecular complexity index is 723. The number of carbonyl (C=O) groups excluding carboxylic acids is 1. The van der Waals surface area contributed by atoms with Crippen LogP contribution in [0.5, 0.6) is 0 Å². The first-order valence-corrected chi connectivity index (χ1v) is 6.44. The summed E-state index contributed by atoms with van der Waals surface area (Å²) in [6, 6.07) is 7.60. The molecule has 0 aliphatic rings. The van der Waals surface area contributed by atoms with Gasteiger partial charge in [0, 0.05) is 5.56 Å². The molecule has 2 rings (SSSR count). The van der Waals surface area contributed by atoms with Crippen LogP contribution >= 0.6 is 0 Å². The van der Waals surface area contributed by atoms with E-state index >= 15 is 0 Å². The van der Waals surface area contributed by atoms with Crippen molar-refractivity contribution in [2.45, 2.75) is 20.0 Å². The summed E-state index contributed by atoms with van der Waals surface area (Å²) >= 11 is 0. The fraction of sp³-hybridized carbons (Fsp3) is 0.188. The first-order chi connectivity index (χ1) is 10.2. The van der Waals surface area contributed by atoms with Crippen LogP contribution in [0.1, 0.15) is 27.0 Å². The summed E-state index contributed by atoms with van der Waals surface area (Å²) in [7, 11) is 0. The molecule has 2 aromatic rings. The van der Waals surface area contributed by atoms with Crippen molar-refractivity contribution < 1.29 is 22.4 Å². The van der Waals surface area contributed by atoms with Crippen molar-refractivity contribution in [3.8, 4) is 0 Å². The Labute approximate surface area is 124 Å². The van der Waals surface area contributed by atoms with Crippen LogP contribution in [0.3, 0.4) is 0 Å². The molecule has 2 nitrogen and oxygen atoms in total. The molecule has 0 radical (unpaired) electrons. The predicted molar refractivity (Wildman–Crippen MR) is 75.3 cm³/mol. The summed E-state index contributed by atoms with van der Waals surface area (Å²) in [6.07, 6.45) is -4.81. The van der Waals surface area contributed by atoms with E-state index in [1.165, 1.54) is 6.07 Å². The molecule has 0 aromatic heterocycles. The lowest BCUT2D eigenvalue weighted by molar-refractivity contribution is -0.139. The van der Waals surface area contributed by atoms with Gasteiger partial charge in [-0.25, -0.2) is 4.39 Å². The Morgan fingerprint density at radius 1 is 1.05 bits per heavy atom. The van der Waals surface area contributed by atoms with E-state index in [9.17, 15) is 22.4 Å². The van der Waals surface area contributed by atoms with Crippen molar-refractivity contribution in [2.75, 3.05) is 5.32 Å². The first-order valence-electron chi connectivity index (χ1n) is 6.44. The molecule has 0 heterocycles. The molecule has 0 atom stereocenters. The van der Waals surface area contributed by atoms with Gasteiger partial charge in [0.25, 0.3) is 5.91 Å². The van der Waals surface area contributed by atoms with Gasteiger partial charge in [-0.3, -0.25) is 4.79 Å². The number of hydrogen-bond acceptors (Lipinski definition) is 1. The normalized spacial score (nSPS) is 11.4. The Morgan fingerprint density at radius 2 is 1.73 bits per heavy atom. The van der Waals surface area contributed by atoms with Gasteiger partial charge in [0.15, 0.2) is 5.82 Å². The maximum absolute atomic E-state index is 13.9. The third-order valence-electron chi connectivity index (χ3n) is 3.32. The van der Waals surface area contributed by atoms with Gasteiger partial charge in [0.1, 0.15) is 0 Å². The average Bonchev–Trinajstić information content (AvgIpc) is 2.42. The van der Waals surface area contributed by atoms with E-state index in [1.807, 2.05) is 6.92 Å². The van der Waals surface area contributed by atoms with E-state index in [-0.39, 0.29) is 5.56 Å². The van der Waals surface area contributed by atoms with Gasteiger partial charge in [0.2, 0.25) is 0 Å². The van der Waals surface area contributed by atoms with Crippen molar-refractivity contribution in [2.24, 2.45) is 0 Å². The highest BCUT2D eigenvalue weighted by Crippen LogP contribution is 2.34. The number of benzene rings is 2. The summed E-state index contributed by atoms with van der Waals surface area (Å²) in [5, 5.41) is 2.17. The van der Waals surface area contributed by atoms with Gasteiger partial charge in [-0.05, 0) is 49.2 Å². The molecular formula is C16H13F4NO. The molecule has 0 saturated heterocycles. The van der Waals surface area contributed by atoms with E-state index in [4.69, 9.17) is 0 Å². The van der Waals surface area contributed by atoms with Gasteiger partial charge in [0.05, 0.1) is 11.3 Å². The lowest BCUT2D eigenvalue weighted by atomic mass is 10.1. The van der Waals surface area contributed by atoms with Crippen molar-refractivity contribution in [3.63, 3.8) is 0 Å². The summed E-state index contributed by atoms with van der Waals surface area (Å²) < 4.78 is 51.8. The molecule has 0 unspecified atom stereocenters. The number of halogens is 4. The minimum atomic E-state index is -4.81. The molecule has 0 aliphatic heterocycles. The Hall–Kier alpha value is -2.37. The van der Waals surface area contributed by atoms with Crippen LogP contribution in [0.2, 0.25) is 0 Å². The quantitative estimate of drug-likeness (QED) is 0.799. The summed E-state index contributed by atoms with van der Waals surface area (Å²) in [5.74, 6) is -2.16. The Balaban J connectivity index is 2.31. The standard InChI is InChI=1S/C16H13F4NO/c1-9-6-7-11(8-10(9)2)15(22)21-13-5-3-4-12(14(13)17)16(18,19)20/h3-8H,1-2H3,(H,21,22). The van der Waals surface area contributed by atoms with E-state index in [2.05, 4.69) is 5.32 Å². The monoisotopic (exact) mass is 311 g/mol. The molecule has 0 spiro atoms. The molecule has 0 bridgehead atoms. The number of carbonyl (C=O) groups is 1. The Kier molecular flexibility index (Phi) is 4.21. The highest BCUT2D eigenvalue weighted by molar-refractivity contribution is 6.04. The summed E-state index contributed by atoms with van der Waals surface area (Å²) in [4.78, 5) is 12.0. The number of alkyl halides is 3. The second-order valence-electron chi connectivity index (χ2n) is 4.92. The smallest absolute Gasteiger partial charge is 0.319 e. The van der Waals surface area contributed by atoms with Crippen molar-refractivity contribution >= 4 is 11.6 Å². The third-order valence-corrected chi connectivity index (χ3v) is 3.32. The number of anilines is 1. The molecule has 1 amide bonds. The van der Waals surface area contributed by atoms with Crippen molar-refractivity contribution in [1.82, 2.24) is 0 Å². The van der Waals surface area contributed by atoms with Gasteiger partial charge >= 0.3 is 6.18 Å². The number of nitrogens with one attached hydrogen (secondary N) is 1. The minimum absolute atomic E-state index is 0.250. The zero-order valence-electron chi connectivity index (χ0n) is 11.9. The number of rotatable bonds is 2. The molecule has 22 heavy (non-hydrogen) atoms. The van der Waals surface area contributed by atoms with Crippen molar-refractivity contribution in [1.29, 1.82) is 0 Å². The zero-order chi connectivity index (χ0) is 16.5. The third kappa shape index (κ3) is 3.27. The van der Waals surface area contributed by atoms with Crippen LogP contribution in [-0.4, -0.2) is 5.91 Å². The van der Waals surface area contributed by atoms with Crippen molar-refractivity contribution in [3.05, 3.63) is 64.5 Å². The first kappa shape index (κ1) is 16.0. The molecule has 2 aromatic carbocycles. The van der Waals surface area contributed by atoms with E-state index < -0.39 is 29.2 Å². The van der Waals surface area contributed by atoms with Crippen LogP contribution in [-0.2, 0) is 6.18 Å². The molecule has 0 aliphatic carbocycles. The molecule has 0 saturated carbocycles. The van der Waals surface area contributed by atoms with E-state index in [1.54, 1.807) is 19.1 Å². The second kappa shape index (κ2) is 5.79. The highest BCUT2D eigenvalue weighted by atomic mass is 19.4. The average molecular weight is 311 g/mol. The summed E-state index contributed by atoms with van der Waals surface area (Å²) in [5.41, 5.74) is 0.169. The zero-order valence-corrected chi connectivity index (χ0v) is 11.9. The van der Waals surface area contributed by atoms with Crippen LogP contribution < -0.4 is 5.32 Å². The SMILES string of the molecule is Cc1ccc(C(=O)Nc2cccc(C(F)(F)F)c2F)cc1C. The van der Waals surface area contributed by atoms with Crippen LogP contribution in [0.4, 0.5) is 23.2 Å².